The molecule has 0 aliphatic heterocycles. The van der Waals surface area contributed by atoms with Crippen molar-refractivity contribution in [3.63, 3.8) is 0 Å². The van der Waals surface area contributed by atoms with E-state index in [1.54, 1.807) is 6.07 Å². The number of carbonyl (C=O) groups excluding carboxylic acids is 1. The Balaban J connectivity index is 1.66. The number of carboxylic acid groups (broad SMARTS) is 1. The topological polar surface area (TPSA) is 104 Å². The van der Waals surface area contributed by atoms with Crippen molar-refractivity contribution in [1.82, 2.24) is 9.97 Å². The van der Waals surface area contributed by atoms with Crippen molar-refractivity contribution in [1.29, 1.82) is 0 Å². The first-order valence-electron chi connectivity index (χ1n) is 7.85. The Morgan fingerprint density at radius 1 is 1.04 bits per heavy atom. The predicted octanol–water partition coefficient (Wildman–Crippen LogP) is 2.78. The van der Waals surface area contributed by atoms with Crippen LogP contribution in [0.25, 0.3) is 0 Å². The summed E-state index contributed by atoms with van der Waals surface area (Å²) >= 11 is 0. The molecule has 1 aliphatic rings. The maximum atomic E-state index is 12.2. The molecule has 1 saturated carbocycles. The molecule has 3 rings (SSSR count). The molecule has 1 aliphatic carbocycles. The number of carbonyl (C=O) groups is 2. The number of aromatic carboxylic acids is 1. The SMILES string of the molecule is O=C(O)c1cnc(C(=O)Nc2cccc(NC3CCCC3)c2)cn1. The van der Waals surface area contributed by atoms with Gasteiger partial charge in [-0.2, -0.15) is 0 Å². The van der Waals surface area contributed by atoms with Crippen LogP contribution in [0.2, 0.25) is 0 Å². The summed E-state index contributed by atoms with van der Waals surface area (Å²) in [5.74, 6) is -1.61. The second-order valence-electron chi connectivity index (χ2n) is 5.75. The Bertz CT molecular complexity index is 740. The highest BCUT2D eigenvalue weighted by Gasteiger charge is 2.15. The van der Waals surface area contributed by atoms with Gasteiger partial charge in [-0.3, -0.25) is 4.79 Å². The number of nitrogens with zero attached hydrogens (tertiary/aromatic N) is 2. The van der Waals surface area contributed by atoms with Gasteiger partial charge in [0.05, 0.1) is 12.4 Å². The Morgan fingerprint density at radius 2 is 1.71 bits per heavy atom. The molecule has 3 N–H and O–H groups in total. The van der Waals surface area contributed by atoms with E-state index in [9.17, 15) is 9.59 Å². The average Bonchev–Trinajstić information content (AvgIpc) is 3.08. The molecular weight excluding hydrogens is 308 g/mol. The maximum absolute atomic E-state index is 12.2. The summed E-state index contributed by atoms with van der Waals surface area (Å²) in [6, 6.07) is 7.98. The van der Waals surface area contributed by atoms with Crippen LogP contribution in [0.5, 0.6) is 0 Å². The van der Waals surface area contributed by atoms with Gasteiger partial charge in [-0.1, -0.05) is 18.9 Å². The molecule has 0 atom stereocenters. The molecule has 0 bridgehead atoms. The Morgan fingerprint density at radius 3 is 2.38 bits per heavy atom. The lowest BCUT2D eigenvalue weighted by molar-refractivity contribution is 0.0689. The van der Waals surface area contributed by atoms with Gasteiger partial charge in [-0.25, -0.2) is 14.8 Å². The van der Waals surface area contributed by atoms with Crippen LogP contribution in [0.4, 0.5) is 11.4 Å². The number of amides is 1. The van der Waals surface area contributed by atoms with Gasteiger partial charge < -0.3 is 15.7 Å². The van der Waals surface area contributed by atoms with Crippen molar-refractivity contribution in [3.05, 3.63) is 48.0 Å². The average molecular weight is 326 g/mol. The van der Waals surface area contributed by atoms with Crippen LogP contribution in [0.3, 0.4) is 0 Å². The molecule has 1 aromatic heterocycles. The molecule has 1 aromatic carbocycles. The van der Waals surface area contributed by atoms with E-state index >= 15 is 0 Å². The summed E-state index contributed by atoms with van der Waals surface area (Å²) in [4.78, 5) is 30.4. The quantitative estimate of drug-likeness (QED) is 0.780. The third-order valence-electron chi connectivity index (χ3n) is 3.95. The third-order valence-corrected chi connectivity index (χ3v) is 3.95. The summed E-state index contributed by atoms with van der Waals surface area (Å²) in [5, 5.41) is 15.0. The van der Waals surface area contributed by atoms with E-state index in [1.165, 1.54) is 25.7 Å². The lowest BCUT2D eigenvalue weighted by atomic mass is 10.2. The van der Waals surface area contributed by atoms with E-state index in [2.05, 4.69) is 20.6 Å². The van der Waals surface area contributed by atoms with Gasteiger partial charge in [-0.05, 0) is 31.0 Å². The van der Waals surface area contributed by atoms with E-state index < -0.39 is 11.9 Å². The minimum absolute atomic E-state index is 0.0640. The molecule has 7 heteroatoms. The fourth-order valence-electron chi connectivity index (χ4n) is 2.74. The molecule has 0 saturated heterocycles. The number of aromatic nitrogens is 2. The smallest absolute Gasteiger partial charge is 0.356 e. The van der Waals surface area contributed by atoms with Gasteiger partial charge in [0, 0.05) is 17.4 Å². The molecule has 1 amide bonds. The zero-order valence-corrected chi connectivity index (χ0v) is 13.0. The van der Waals surface area contributed by atoms with Crippen molar-refractivity contribution in [2.24, 2.45) is 0 Å². The summed E-state index contributed by atoms with van der Waals surface area (Å²) in [6.45, 7) is 0. The van der Waals surface area contributed by atoms with E-state index in [1.807, 2.05) is 18.2 Å². The third kappa shape index (κ3) is 3.87. The van der Waals surface area contributed by atoms with Crippen molar-refractivity contribution in [3.8, 4) is 0 Å². The van der Waals surface area contributed by atoms with Crippen LogP contribution in [0, 0.1) is 0 Å². The highest BCUT2D eigenvalue weighted by molar-refractivity contribution is 6.03. The lowest BCUT2D eigenvalue weighted by Crippen LogP contribution is -2.16. The van der Waals surface area contributed by atoms with Gasteiger partial charge in [0.2, 0.25) is 0 Å². The molecule has 0 radical (unpaired) electrons. The Kier molecular flexibility index (Phi) is 4.69. The lowest BCUT2D eigenvalue weighted by Gasteiger charge is -2.14. The predicted molar refractivity (Wildman–Crippen MR) is 89.3 cm³/mol. The minimum atomic E-state index is -1.18. The zero-order valence-electron chi connectivity index (χ0n) is 13.0. The molecule has 24 heavy (non-hydrogen) atoms. The minimum Gasteiger partial charge on any atom is -0.476 e. The summed E-state index contributed by atoms with van der Waals surface area (Å²) in [5.41, 5.74) is 1.47. The Hall–Kier alpha value is -2.96. The van der Waals surface area contributed by atoms with E-state index in [0.29, 0.717) is 11.7 Å². The first-order chi connectivity index (χ1) is 11.6. The van der Waals surface area contributed by atoms with Crippen LogP contribution >= 0.6 is 0 Å². The molecule has 7 nitrogen and oxygen atoms in total. The van der Waals surface area contributed by atoms with Crippen LogP contribution < -0.4 is 10.6 Å². The first-order valence-corrected chi connectivity index (χ1v) is 7.85. The molecule has 1 heterocycles. The molecule has 0 spiro atoms. The maximum Gasteiger partial charge on any atom is 0.356 e. The number of hydrogen-bond donors (Lipinski definition) is 3. The van der Waals surface area contributed by atoms with Crippen LogP contribution in [-0.2, 0) is 0 Å². The zero-order chi connectivity index (χ0) is 16.9. The van der Waals surface area contributed by atoms with Crippen LogP contribution in [-0.4, -0.2) is 33.0 Å². The molecular formula is C17H18N4O3. The largest absolute Gasteiger partial charge is 0.476 e. The van der Waals surface area contributed by atoms with Crippen LogP contribution in [0.15, 0.2) is 36.7 Å². The van der Waals surface area contributed by atoms with E-state index in [0.717, 1.165) is 18.1 Å². The molecule has 2 aromatic rings. The number of benzene rings is 1. The highest BCUT2D eigenvalue weighted by atomic mass is 16.4. The summed E-state index contributed by atoms with van der Waals surface area (Å²) in [6.07, 6.45) is 7.05. The first kappa shape index (κ1) is 15.9. The molecule has 124 valence electrons. The van der Waals surface area contributed by atoms with Gasteiger partial charge in [0.15, 0.2) is 5.69 Å². The van der Waals surface area contributed by atoms with Gasteiger partial charge in [0.1, 0.15) is 5.69 Å². The summed E-state index contributed by atoms with van der Waals surface area (Å²) < 4.78 is 0. The number of anilines is 2. The van der Waals surface area contributed by atoms with Gasteiger partial charge in [-0.15, -0.1) is 0 Å². The normalized spacial score (nSPS) is 14.3. The van der Waals surface area contributed by atoms with Gasteiger partial charge in [0.25, 0.3) is 5.91 Å². The van der Waals surface area contributed by atoms with E-state index in [4.69, 9.17) is 5.11 Å². The molecule has 1 fully saturated rings. The number of hydrogen-bond acceptors (Lipinski definition) is 5. The summed E-state index contributed by atoms with van der Waals surface area (Å²) in [7, 11) is 0. The molecule has 0 unspecified atom stereocenters. The fourth-order valence-corrected chi connectivity index (χ4v) is 2.74. The Labute approximate surface area is 139 Å². The van der Waals surface area contributed by atoms with Gasteiger partial charge >= 0.3 is 5.97 Å². The van der Waals surface area contributed by atoms with Crippen molar-refractivity contribution in [2.45, 2.75) is 31.7 Å². The van der Waals surface area contributed by atoms with E-state index in [-0.39, 0.29) is 11.4 Å². The standard InChI is InChI=1S/C17H18N4O3/c22-16(14-9-19-15(10-18-14)17(23)24)21-13-7-3-6-12(8-13)20-11-4-1-2-5-11/h3,6-11,20H,1-2,4-5H2,(H,21,22)(H,23,24). The monoisotopic (exact) mass is 326 g/mol. The van der Waals surface area contributed by atoms with Crippen molar-refractivity contribution < 1.29 is 14.7 Å². The fraction of sp³-hybridized carbons (Fsp3) is 0.294. The number of nitrogens with one attached hydrogen (secondary N) is 2. The second-order valence-corrected chi connectivity index (χ2v) is 5.75. The van der Waals surface area contributed by atoms with Crippen molar-refractivity contribution in [2.75, 3.05) is 10.6 Å². The highest BCUT2D eigenvalue weighted by Crippen LogP contribution is 2.23. The number of carboxylic acids is 1. The second kappa shape index (κ2) is 7.08. The van der Waals surface area contributed by atoms with Crippen LogP contribution in [0.1, 0.15) is 46.7 Å². The van der Waals surface area contributed by atoms with Crippen molar-refractivity contribution >= 4 is 23.3 Å². The number of rotatable bonds is 5.